The van der Waals surface area contributed by atoms with Gasteiger partial charge < -0.3 is 10.6 Å². The third-order valence-corrected chi connectivity index (χ3v) is 4.06. The first-order valence-electron chi connectivity index (χ1n) is 5.99. The van der Waals surface area contributed by atoms with Crippen LogP contribution in [0.4, 0.5) is 0 Å². The molecule has 1 saturated heterocycles. The molecule has 18 heavy (non-hydrogen) atoms. The lowest BCUT2D eigenvalue weighted by Gasteiger charge is -2.22. The van der Waals surface area contributed by atoms with Gasteiger partial charge in [-0.15, -0.1) is 0 Å². The van der Waals surface area contributed by atoms with Crippen molar-refractivity contribution in [3.05, 3.63) is 33.8 Å². The summed E-state index contributed by atoms with van der Waals surface area (Å²) in [5.74, 6) is 0.263. The molecule has 5 heteroatoms. The number of carbonyl (C=O) groups excluding carboxylic acids is 1. The molecule has 1 aliphatic heterocycles. The Morgan fingerprint density at radius 2 is 2.06 bits per heavy atom. The van der Waals surface area contributed by atoms with Crippen LogP contribution in [0.3, 0.4) is 0 Å². The summed E-state index contributed by atoms with van der Waals surface area (Å²) in [7, 11) is 0. The number of amides is 1. The predicted molar refractivity (Wildman–Crippen MR) is 74.1 cm³/mol. The van der Waals surface area contributed by atoms with Crippen molar-refractivity contribution in [2.45, 2.75) is 19.4 Å². The normalized spacial score (nSPS) is 23.4. The van der Waals surface area contributed by atoms with E-state index in [-0.39, 0.29) is 11.9 Å². The molecule has 1 aromatic carbocycles. The van der Waals surface area contributed by atoms with Gasteiger partial charge in [0.15, 0.2) is 0 Å². The van der Waals surface area contributed by atoms with Gasteiger partial charge in [0.1, 0.15) is 0 Å². The average Bonchev–Trinajstić information content (AvgIpc) is 2.70. The van der Waals surface area contributed by atoms with Crippen molar-refractivity contribution in [3.8, 4) is 0 Å². The Labute approximate surface area is 117 Å². The van der Waals surface area contributed by atoms with Crippen molar-refractivity contribution < 1.29 is 4.79 Å². The van der Waals surface area contributed by atoms with Gasteiger partial charge >= 0.3 is 0 Å². The lowest BCUT2D eigenvalue weighted by Crippen LogP contribution is -2.34. The Balaban J connectivity index is 2.27. The lowest BCUT2D eigenvalue weighted by atomic mass is 10.1. The van der Waals surface area contributed by atoms with E-state index in [4.69, 9.17) is 28.9 Å². The molecule has 0 bridgehead atoms. The van der Waals surface area contributed by atoms with Crippen LogP contribution in [0.25, 0.3) is 0 Å². The van der Waals surface area contributed by atoms with Gasteiger partial charge in [0.2, 0.25) is 0 Å². The second-order valence-corrected chi connectivity index (χ2v) is 5.56. The molecule has 0 aliphatic carbocycles. The molecule has 1 aromatic rings. The zero-order valence-corrected chi connectivity index (χ0v) is 11.7. The summed E-state index contributed by atoms with van der Waals surface area (Å²) < 4.78 is 0. The van der Waals surface area contributed by atoms with Crippen molar-refractivity contribution in [2.24, 2.45) is 11.7 Å². The standard InChI is InChI=1S/C13H16Cl2N2O/c1-8-5-9(6-16)7-17(8)13(18)12-10(14)3-2-4-11(12)15/h2-4,8-9H,5-7,16H2,1H3. The molecular weight excluding hydrogens is 271 g/mol. The summed E-state index contributed by atoms with van der Waals surface area (Å²) in [6.45, 7) is 3.31. The highest BCUT2D eigenvalue weighted by molar-refractivity contribution is 6.39. The van der Waals surface area contributed by atoms with Crippen LogP contribution in [0, 0.1) is 5.92 Å². The minimum absolute atomic E-state index is 0.103. The number of nitrogens with two attached hydrogens (primary N) is 1. The van der Waals surface area contributed by atoms with Crippen molar-refractivity contribution in [2.75, 3.05) is 13.1 Å². The van der Waals surface area contributed by atoms with Crippen LogP contribution in [0.15, 0.2) is 18.2 Å². The van der Waals surface area contributed by atoms with Gasteiger partial charge in [-0.25, -0.2) is 0 Å². The van der Waals surface area contributed by atoms with E-state index in [1.54, 1.807) is 18.2 Å². The highest BCUT2D eigenvalue weighted by Crippen LogP contribution is 2.30. The van der Waals surface area contributed by atoms with Crippen molar-refractivity contribution in [1.29, 1.82) is 0 Å². The fourth-order valence-corrected chi connectivity index (χ4v) is 3.00. The maximum absolute atomic E-state index is 12.5. The number of carbonyl (C=O) groups is 1. The van der Waals surface area contributed by atoms with E-state index in [1.165, 1.54) is 0 Å². The molecule has 1 heterocycles. The molecule has 0 radical (unpaired) electrons. The van der Waals surface area contributed by atoms with Crippen LogP contribution in [0.1, 0.15) is 23.7 Å². The number of halogens is 2. The number of rotatable bonds is 2. The summed E-state index contributed by atoms with van der Waals surface area (Å²) in [6.07, 6.45) is 0.935. The second-order valence-electron chi connectivity index (χ2n) is 4.74. The quantitative estimate of drug-likeness (QED) is 0.909. The van der Waals surface area contributed by atoms with Gasteiger partial charge in [-0.1, -0.05) is 29.3 Å². The highest BCUT2D eigenvalue weighted by Gasteiger charge is 2.33. The number of hydrogen-bond donors (Lipinski definition) is 1. The maximum atomic E-state index is 12.5. The molecule has 1 amide bonds. The first kappa shape index (κ1) is 13.7. The van der Waals surface area contributed by atoms with E-state index in [0.717, 1.165) is 6.42 Å². The number of hydrogen-bond acceptors (Lipinski definition) is 2. The van der Waals surface area contributed by atoms with Crippen LogP contribution < -0.4 is 5.73 Å². The maximum Gasteiger partial charge on any atom is 0.257 e. The topological polar surface area (TPSA) is 46.3 Å². The smallest absolute Gasteiger partial charge is 0.257 e. The van der Waals surface area contributed by atoms with Crippen LogP contribution >= 0.6 is 23.2 Å². The molecule has 0 saturated carbocycles. The van der Waals surface area contributed by atoms with Crippen molar-refractivity contribution in [1.82, 2.24) is 4.90 Å². The van der Waals surface area contributed by atoms with Crippen LogP contribution in [0.5, 0.6) is 0 Å². The molecule has 2 unspecified atom stereocenters. The molecule has 2 N–H and O–H groups in total. The Morgan fingerprint density at radius 3 is 2.56 bits per heavy atom. The molecular formula is C13H16Cl2N2O. The molecule has 2 atom stereocenters. The van der Waals surface area contributed by atoms with E-state index in [0.29, 0.717) is 34.6 Å². The molecule has 3 nitrogen and oxygen atoms in total. The molecule has 0 spiro atoms. The fourth-order valence-electron chi connectivity index (χ4n) is 2.44. The van der Waals surface area contributed by atoms with Gasteiger partial charge in [0.05, 0.1) is 15.6 Å². The number of nitrogens with zero attached hydrogens (tertiary/aromatic N) is 1. The molecule has 98 valence electrons. The lowest BCUT2D eigenvalue weighted by molar-refractivity contribution is 0.0744. The summed E-state index contributed by atoms with van der Waals surface area (Å²) in [5.41, 5.74) is 6.06. The molecule has 0 aromatic heterocycles. The van der Waals surface area contributed by atoms with Gasteiger partial charge in [-0.05, 0) is 37.9 Å². The van der Waals surface area contributed by atoms with E-state index in [9.17, 15) is 4.79 Å². The van der Waals surface area contributed by atoms with Crippen molar-refractivity contribution in [3.63, 3.8) is 0 Å². The summed E-state index contributed by atoms with van der Waals surface area (Å²) >= 11 is 12.1. The van der Waals surface area contributed by atoms with E-state index >= 15 is 0 Å². The van der Waals surface area contributed by atoms with E-state index in [2.05, 4.69) is 0 Å². The zero-order valence-electron chi connectivity index (χ0n) is 10.2. The SMILES string of the molecule is CC1CC(CN)CN1C(=O)c1c(Cl)cccc1Cl. The monoisotopic (exact) mass is 286 g/mol. The third kappa shape index (κ3) is 2.48. The largest absolute Gasteiger partial charge is 0.336 e. The summed E-state index contributed by atoms with van der Waals surface area (Å²) in [5, 5.41) is 0.798. The Bertz CT molecular complexity index is 444. The number of benzene rings is 1. The number of likely N-dealkylation sites (tertiary alicyclic amines) is 1. The minimum Gasteiger partial charge on any atom is -0.336 e. The summed E-state index contributed by atoms with van der Waals surface area (Å²) in [6, 6.07) is 5.28. The average molecular weight is 287 g/mol. The predicted octanol–water partition coefficient (Wildman–Crippen LogP) is 2.80. The van der Waals surface area contributed by atoms with Crippen molar-refractivity contribution >= 4 is 29.1 Å². The minimum atomic E-state index is -0.103. The van der Waals surface area contributed by atoms with E-state index in [1.807, 2.05) is 11.8 Å². The molecule has 2 rings (SSSR count). The Hall–Kier alpha value is -0.770. The zero-order chi connectivity index (χ0) is 13.3. The summed E-state index contributed by atoms with van der Waals surface area (Å²) in [4.78, 5) is 14.3. The first-order chi connectivity index (χ1) is 8.54. The highest BCUT2D eigenvalue weighted by atomic mass is 35.5. The molecule has 1 aliphatic rings. The van der Waals surface area contributed by atoms with Gasteiger partial charge in [0.25, 0.3) is 5.91 Å². The van der Waals surface area contributed by atoms with Crippen LogP contribution in [-0.2, 0) is 0 Å². The van der Waals surface area contributed by atoms with Gasteiger partial charge in [-0.2, -0.15) is 0 Å². The fraction of sp³-hybridized carbons (Fsp3) is 0.462. The van der Waals surface area contributed by atoms with Gasteiger partial charge in [0, 0.05) is 12.6 Å². The van der Waals surface area contributed by atoms with Crippen LogP contribution in [-0.4, -0.2) is 29.9 Å². The Kier molecular flexibility index (Phi) is 4.15. The third-order valence-electron chi connectivity index (χ3n) is 3.43. The first-order valence-corrected chi connectivity index (χ1v) is 6.75. The molecule has 1 fully saturated rings. The van der Waals surface area contributed by atoms with E-state index < -0.39 is 0 Å². The second kappa shape index (κ2) is 5.47. The van der Waals surface area contributed by atoms with Crippen LogP contribution in [0.2, 0.25) is 10.0 Å². The Morgan fingerprint density at radius 1 is 1.44 bits per heavy atom. The van der Waals surface area contributed by atoms with Gasteiger partial charge in [-0.3, -0.25) is 4.79 Å².